The monoisotopic (exact) mass is 244 g/mol. The van der Waals surface area contributed by atoms with Crippen LogP contribution >= 0.6 is 11.8 Å². The lowest BCUT2D eigenvalue weighted by Crippen LogP contribution is -2.59. The van der Waals surface area contributed by atoms with Crippen LogP contribution in [0.3, 0.4) is 0 Å². The highest BCUT2D eigenvalue weighted by Crippen LogP contribution is 2.24. The van der Waals surface area contributed by atoms with Gasteiger partial charge in [-0.2, -0.15) is 11.8 Å². The molecule has 4 heteroatoms. The van der Waals surface area contributed by atoms with E-state index < -0.39 is 0 Å². The predicted molar refractivity (Wildman–Crippen MR) is 70.2 cm³/mol. The molecule has 0 aromatic rings. The van der Waals surface area contributed by atoms with E-state index in [2.05, 4.69) is 42.7 Å². The summed E-state index contributed by atoms with van der Waals surface area (Å²) in [7, 11) is 0. The molecule has 2 atom stereocenters. The third-order valence-electron chi connectivity index (χ3n) is 3.84. The van der Waals surface area contributed by atoms with Crippen molar-refractivity contribution >= 4 is 11.8 Å². The average Bonchev–Trinajstić information content (AvgIpc) is 2.22. The Hall–Kier alpha value is 0.230. The van der Waals surface area contributed by atoms with Gasteiger partial charge in [0, 0.05) is 43.2 Å². The van der Waals surface area contributed by atoms with Gasteiger partial charge in [0.25, 0.3) is 0 Å². The van der Waals surface area contributed by atoms with Crippen LogP contribution < -0.4 is 5.32 Å². The molecule has 0 amide bonds. The van der Waals surface area contributed by atoms with Gasteiger partial charge in [-0.05, 0) is 13.8 Å². The number of rotatable bonds is 4. The first-order valence-corrected chi connectivity index (χ1v) is 7.36. The second kappa shape index (κ2) is 5.25. The van der Waals surface area contributed by atoms with Crippen LogP contribution in [0.15, 0.2) is 0 Å². The SMILES string of the molecule is CC1SCCN(CCOC2(C)CNC2)C1C. The van der Waals surface area contributed by atoms with E-state index in [0.29, 0.717) is 6.04 Å². The Kier molecular flexibility index (Phi) is 4.16. The Morgan fingerprint density at radius 2 is 2.19 bits per heavy atom. The summed E-state index contributed by atoms with van der Waals surface area (Å²) in [5, 5.41) is 4.02. The number of ether oxygens (including phenoxy) is 1. The molecule has 2 saturated heterocycles. The predicted octanol–water partition coefficient (Wildman–Crippen LogP) is 1.19. The molecule has 1 N–H and O–H groups in total. The third-order valence-corrected chi connectivity index (χ3v) is 5.18. The molecule has 0 aromatic heterocycles. The molecule has 2 aliphatic rings. The van der Waals surface area contributed by atoms with E-state index in [1.54, 1.807) is 0 Å². The number of nitrogens with one attached hydrogen (secondary N) is 1. The van der Waals surface area contributed by atoms with Crippen molar-refractivity contribution in [2.45, 2.75) is 37.7 Å². The van der Waals surface area contributed by atoms with Gasteiger partial charge >= 0.3 is 0 Å². The molecule has 2 aliphatic heterocycles. The Morgan fingerprint density at radius 3 is 2.81 bits per heavy atom. The van der Waals surface area contributed by atoms with Gasteiger partial charge in [0.05, 0.1) is 12.2 Å². The molecule has 0 saturated carbocycles. The van der Waals surface area contributed by atoms with Crippen LogP contribution in [0.4, 0.5) is 0 Å². The van der Waals surface area contributed by atoms with Crippen molar-refractivity contribution in [2.75, 3.05) is 38.5 Å². The first kappa shape index (κ1) is 12.7. The zero-order valence-electron chi connectivity index (χ0n) is 10.7. The lowest BCUT2D eigenvalue weighted by molar-refractivity contribution is -0.0739. The topological polar surface area (TPSA) is 24.5 Å². The van der Waals surface area contributed by atoms with Crippen LogP contribution in [0, 0.1) is 0 Å². The minimum Gasteiger partial charge on any atom is -0.371 e. The molecule has 0 aliphatic carbocycles. The fraction of sp³-hybridized carbons (Fsp3) is 1.00. The molecular formula is C12H24N2OS. The van der Waals surface area contributed by atoms with Crippen molar-refractivity contribution in [2.24, 2.45) is 0 Å². The van der Waals surface area contributed by atoms with E-state index in [4.69, 9.17) is 4.74 Å². The minimum absolute atomic E-state index is 0.111. The molecule has 0 bridgehead atoms. The fourth-order valence-electron chi connectivity index (χ4n) is 2.30. The van der Waals surface area contributed by atoms with Crippen molar-refractivity contribution in [3.8, 4) is 0 Å². The summed E-state index contributed by atoms with van der Waals surface area (Å²) in [6, 6.07) is 0.690. The van der Waals surface area contributed by atoms with Crippen molar-refractivity contribution in [3.05, 3.63) is 0 Å². The van der Waals surface area contributed by atoms with E-state index in [-0.39, 0.29) is 5.60 Å². The summed E-state index contributed by atoms with van der Waals surface area (Å²) in [6.07, 6.45) is 0. The van der Waals surface area contributed by atoms with E-state index in [1.165, 1.54) is 12.3 Å². The highest BCUT2D eigenvalue weighted by atomic mass is 32.2. The lowest BCUT2D eigenvalue weighted by Gasteiger charge is -2.41. The largest absolute Gasteiger partial charge is 0.371 e. The molecule has 3 nitrogen and oxygen atoms in total. The first-order chi connectivity index (χ1) is 7.61. The quantitative estimate of drug-likeness (QED) is 0.803. The second-order valence-electron chi connectivity index (χ2n) is 5.25. The summed E-state index contributed by atoms with van der Waals surface area (Å²) >= 11 is 2.09. The number of thioether (sulfide) groups is 1. The lowest BCUT2D eigenvalue weighted by atomic mass is 10.0. The van der Waals surface area contributed by atoms with Gasteiger partial charge in [0.1, 0.15) is 0 Å². The summed E-state index contributed by atoms with van der Waals surface area (Å²) in [4.78, 5) is 2.57. The Morgan fingerprint density at radius 1 is 1.44 bits per heavy atom. The molecular weight excluding hydrogens is 220 g/mol. The third kappa shape index (κ3) is 2.92. The normalized spacial score (nSPS) is 34.7. The maximum absolute atomic E-state index is 5.94. The van der Waals surface area contributed by atoms with E-state index in [1.807, 2.05) is 0 Å². The molecule has 2 rings (SSSR count). The molecule has 2 heterocycles. The van der Waals surface area contributed by atoms with E-state index in [9.17, 15) is 0 Å². The molecule has 16 heavy (non-hydrogen) atoms. The number of hydrogen-bond acceptors (Lipinski definition) is 4. The standard InChI is InChI=1S/C12H24N2OS/c1-10-11(2)16-7-5-14(10)4-6-15-12(3)8-13-9-12/h10-11,13H,4-9H2,1-3H3. The smallest absolute Gasteiger partial charge is 0.0902 e. The zero-order chi connectivity index (χ0) is 11.6. The molecule has 0 radical (unpaired) electrons. The maximum atomic E-state index is 5.94. The average molecular weight is 244 g/mol. The Balaban J connectivity index is 1.68. The van der Waals surface area contributed by atoms with Gasteiger partial charge in [0.2, 0.25) is 0 Å². The molecule has 0 aromatic carbocycles. The second-order valence-corrected chi connectivity index (χ2v) is 6.74. The minimum atomic E-state index is 0.111. The summed E-state index contributed by atoms with van der Waals surface area (Å²) in [5.41, 5.74) is 0.111. The Bertz CT molecular complexity index is 233. The van der Waals surface area contributed by atoms with Gasteiger partial charge in [0.15, 0.2) is 0 Å². The van der Waals surface area contributed by atoms with Gasteiger partial charge in [-0.15, -0.1) is 0 Å². The van der Waals surface area contributed by atoms with E-state index >= 15 is 0 Å². The highest BCUT2D eigenvalue weighted by molar-refractivity contribution is 8.00. The van der Waals surface area contributed by atoms with Crippen molar-refractivity contribution in [1.29, 1.82) is 0 Å². The molecule has 0 spiro atoms. The molecule has 2 unspecified atom stereocenters. The number of hydrogen-bond donors (Lipinski definition) is 1. The molecule has 2 fully saturated rings. The van der Waals surface area contributed by atoms with Crippen LogP contribution in [0.25, 0.3) is 0 Å². The van der Waals surface area contributed by atoms with Crippen LogP contribution in [0.5, 0.6) is 0 Å². The summed E-state index contributed by atoms with van der Waals surface area (Å²) < 4.78 is 5.94. The van der Waals surface area contributed by atoms with Crippen molar-refractivity contribution in [1.82, 2.24) is 10.2 Å². The highest BCUT2D eigenvalue weighted by Gasteiger charge is 2.33. The molecule has 94 valence electrons. The number of nitrogens with zero attached hydrogens (tertiary/aromatic N) is 1. The first-order valence-electron chi connectivity index (χ1n) is 6.31. The van der Waals surface area contributed by atoms with Gasteiger partial charge in [-0.25, -0.2) is 0 Å². The summed E-state index contributed by atoms with van der Waals surface area (Å²) in [6.45, 7) is 12.1. The van der Waals surface area contributed by atoms with Crippen molar-refractivity contribution < 1.29 is 4.74 Å². The maximum Gasteiger partial charge on any atom is 0.0902 e. The van der Waals surface area contributed by atoms with Crippen LogP contribution in [-0.2, 0) is 4.74 Å². The van der Waals surface area contributed by atoms with Gasteiger partial charge in [-0.1, -0.05) is 6.92 Å². The fourth-order valence-corrected chi connectivity index (χ4v) is 3.46. The zero-order valence-corrected chi connectivity index (χ0v) is 11.5. The van der Waals surface area contributed by atoms with Gasteiger partial charge in [-0.3, -0.25) is 4.90 Å². The van der Waals surface area contributed by atoms with E-state index in [0.717, 1.165) is 31.5 Å². The summed E-state index contributed by atoms with van der Waals surface area (Å²) in [5.74, 6) is 1.27. The van der Waals surface area contributed by atoms with Crippen molar-refractivity contribution in [3.63, 3.8) is 0 Å². The van der Waals surface area contributed by atoms with Crippen LogP contribution in [0.2, 0.25) is 0 Å². The van der Waals surface area contributed by atoms with Crippen LogP contribution in [-0.4, -0.2) is 60.3 Å². The Labute approximate surface area is 103 Å². The van der Waals surface area contributed by atoms with Gasteiger partial charge < -0.3 is 10.1 Å². The van der Waals surface area contributed by atoms with Crippen LogP contribution in [0.1, 0.15) is 20.8 Å².